The average Bonchev–Trinajstić information content (AvgIpc) is 2.67. The van der Waals surface area contributed by atoms with Crippen LogP contribution in [0.4, 0.5) is 10.1 Å². The van der Waals surface area contributed by atoms with Crippen LogP contribution >= 0.6 is 0 Å². The SMILES string of the molecule is Cc1cccc(-c2ccc(F)cc2)c1C=Nc1cc(C(C)C)ccc1C(C)C. The molecule has 144 valence electrons. The molecule has 0 bridgehead atoms. The summed E-state index contributed by atoms with van der Waals surface area (Å²) in [6.07, 6.45) is 1.96. The van der Waals surface area contributed by atoms with E-state index < -0.39 is 0 Å². The summed E-state index contributed by atoms with van der Waals surface area (Å²) in [5.41, 5.74) is 7.84. The maximum Gasteiger partial charge on any atom is 0.123 e. The fourth-order valence-corrected chi connectivity index (χ4v) is 3.39. The van der Waals surface area contributed by atoms with Crippen molar-refractivity contribution in [2.45, 2.75) is 46.5 Å². The van der Waals surface area contributed by atoms with Crippen LogP contribution in [0, 0.1) is 12.7 Å². The molecule has 0 radical (unpaired) electrons. The predicted molar refractivity (Wildman–Crippen MR) is 118 cm³/mol. The Morgan fingerprint density at radius 2 is 1.57 bits per heavy atom. The van der Waals surface area contributed by atoms with Crippen molar-refractivity contribution in [2.75, 3.05) is 0 Å². The van der Waals surface area contributed by atoms with E-state index >= 15 is 0 Å². The molecule has 0 unspecified atom stereocenters. The van der Waals surface area contributed by atoms with E-state index in [0.717, 1.165) is 27.9 Å². The van der Waals surface area contributed by atoms with E-state index in [1.807, 2.05) is 24.4 Å². The molecule has 3 rings (SSSR count). The van der Waals surface area contributed by atoms with E-state index in [9.17, 15) is 4.39 Å². The van der Waals surface area contributed by atoms with Crippen molar-refractivity contribution in [3.05, 3.63) is 88.7 Å². The number of aliphatic imine (C=N–C) groups is 1. The van der Waals surface area contributed by atoms with Gasteiger partial charge in [-0.25, -0.2) is 4.39 Å². The van der Waals surface area contributed by atoms with Crippen molar-refractivity contribution in [1.82, 2.24) is 0 Å². The molecular formula is C26H28FN. The lowest BCUT2D eigenvalue weighted by atomic mass is 9.95. The van der Waals surface area contributed by atoms with Crippen LogP contribution in [0.2, 0.25) is 0 Å². The molecule has 1 nitrogen and oxygen atoms in total. The van der Waals surface area contributed by atoms with Crippen molar-refractivity contribution < 1.29 is 4.39 Å². The van der Waals surface area contributed by atoms with E-state index in [0.29, 0.717) is 11.8 Å². The van der Waals surface area contributed by atoms with Gasteiger partial charge in [-0.05, 0) is 64.8 Å². The topological polar surface area (TPSA) is 12.4 Å². The molecule has 0 aliphatic heterocycles. The summed E-state index contributed by atoms with van der Waals surface area (Å²) in [4.78, 5) is 4.91. The Balaban J connectivity index is 2.08. The van der Waals surface area contributed by atoms with Crippen LogP contribution in [-0.2, 0) is 0 Å². The lowest BCUT2D eigenvalue weighted by molar-refractivity contribution is 0.628. The predicted octanol–water partition coefficient (Wildman–Crippen LogP) is 7.80. The van der Waals surface area contributed by atoms with Gasteiger partial charge in [-0.3, -0.25) is 4.99 Å². The molecular weight excluding hydrogens is 345 g/mol. The van der Waals surface area contributed by atoms with Crippen molar-refractivity contribution >= 4 is 11.9 Å². The first kappa shape index (κ1) is 20.0. The van der Waals surface area contributed by atoms with Gasteiger partial charge in [-0.1, -0.05) is 70.2 Å². The number of rotatable bonds is 5. The molecule has 0 aliphatic rings. The summed E-state index contributed by atoms with van der Waals surface area (Å²) in [6, 6.07) is 19.4. The summed E-state index contributed by atoms with van der Waals surface area (Å²) in [5.74, 6) is 0.642. The summed E-state index contributed by atoms with van der Waals surface area (Å²) in [5, 5.41) is 0. The normalized spacial score (nSPS) is 11.7. The molecule has 3 aromatic carbocycles. The highest BCUT2D eigenvalue weighted by Gasteiger charge is 2.10. The van der Waals surface area contributed by atoms with Crippen LogP contribution in [0.15, 0.2) is 65.7 Å². The molecule has 0 fully saturated rings. The van der Waals surface area contributed by atoms with E-state index in [4.69, 9.17) is 4.99 Å². The quantitative estimate of drug-likeness (QED) is 0.405. The van der Waals surface area contributed by atoms with Gasteiger partial charge in [0, 0.05) is 11.8 Å². The first-order chi connectivity index (χ1) is 13.4. The number of aryl methyl sites for hydroxylation is 1. The van der Waals surface area contributed by atoms with Crippen molar-refractivity contribution in [2.24, 2.45) is 4.99 Å². The van der Waals surface area contributed by atoms with Gasteiger partial charge >= 0.3 is 0 Å². The highest BCUT2D eigenvalue weighted by atomic mass is 19.1. The number of hydrogen-bond acceptors (Lipinski definition) is 1. The lowest BCUT2D eigenvalue weighted by Gasteiger charge is -2.14. The van der Waals surface area contributed by atoms with Crippen molar-refractivity contribution in [3.8, 4) is 11.1 Å². The van der Waals surface area contributed by atoms with Crippen LogP contribution < -0.4 is 0 Å². The van der Waals surface area contributed by atoms with Crippen LogP contribution in [0.1, 0.15) is 61.8 Å². The van der Waals surface area contributed by atoms with Crippen molar-refractivity contribution in [3.63, 3.8) is 0 Å². The minimum absolute atomic E-state index is 0.223. The van der Waals surface area contributed by atoms with Crippen LogP contribution in [0.25, 0.3) is 11.1 Å². The summed E-state index contributed by atoms with van der Waals surface area (Å²) >= 11 is 0. The van der Waals surface area contributed by atoms with E-state index in [1.165, 1.54) is 23.3 Å². The molecule has 0 saturated heterocycles. The molecule has 0 heterocycles. The third-order valence-electron chi connectivity index (χ3n) is 5.16. The molecule has 0 spiro atoms. The minimum atomic E-state index is -0.223. The Labute approximate surface area is 168 Å². The summed E-state index contributed by atoms with van der Waals surface area (Å²) < 4.78 is 13.3. The number of halogens is 1. The first-order valence-electron chi connectivity index (χ1n) is 9.90. The third-order valence-corrected chi connectivity index (χ3v) is 5.16. The molecule has 0 aliphatic carbocycles. The van der Waals surface area contributed by atoms with Gasteiger partial charge in [0.1, 0.15) is 5.82 Å². The van der Waals surface area contributed by atoms with Gasteiger partial charge in [0.15, 0.2) is 0 Å². The molecule has 0 saturated carbocycles. The highest BCUT2D eigenvalue weighted by Crippen LogP contribution is 2.31. The van der Waals surface area contributed by atoms with E-state index in [2.05, 4.69) is 65.0 Å². The van der Waals surface area contributed by atoms with Crippen molar-refractivity contribution in [1.29, 1.82) is 0 Å². The second-order valence-corrected chi connectivity index (χ2v) is 7.93. The fraction of sp³-hybridized carbons (Fsp3) is 0.269. The van der Waals surface area contributed by atoms with Gasteiger partial charge in [0.05, 0.1) is 5.69 Å². The highest BCUT2D eigenvalue weighted by molar-refractivity contribution is 5.93. The summed E-state index contributed by atoms with van der Waals surface area (Å²) in [6.45, 7) is 10.9. The second-order valence-electron chi connectivity index (χ2n) is 7.93. The number of hydrogen-bond donors (Lipinski definition) is 0. The van der Waals surface area contributed by atoms with E-state index in [1.54, 1.807) is 0 Å². The Hall–Kier alpha value is -2.74. The van der Waals surface area contributed by atoms with Gasteiger partial charge in [-0.15, -0.1) is 0 Å². The molecule has 3 aromatic rings. The largest absolute Gasteiger partial charge is 0.256 e. The molecule has 28 heavy (non-hydrogen) atoms. The maximum absolute atomic E-state index is 13.3. The minimum Gasteiger partial charge on any atom is -0.256 e. The standard InChI is InChI=1S/C26H28FN/c1-17(2)21-11-14-23(18(3)4)26(15-21)28-16-25-19(5)7-6-8-24(25)20-9-12-22(27)13-10-20/h6-18H,1-5H3. The van der Waals surface area contributed by atoms with Gasteiger partial charge < -0.3 is 0 Å². The zero-order valence-electron chi connectivity index (χ0n) is 17.3. The molecule has 2 heteroatoms. The average molecular weight is 374 g/mol. The Kier molecular flexibility index (Phi) is 6.08. The van der Waals surface area contributed by atoms with E-state index in [-0.39, 0.29) is 5.82 Å². The van der Waals surface area contributed by atoms with Gasteiger partial charge in [-0.2, -0.15) is 0 Å². The molecule has 0 aromatic heterocycles. The lowest BCUT2D eigenvalue weighted by Crippen LogP contribution is -1.95. The third kappa shape index (κ3) is 4.39. The van der Waals surface area contributed by atoms with Crippen LogP contribution in [0.5, 0.6) is 0 Å². The first-order valence-corrected chi connectivity index (χ1v) is 9.90. The Morgan fingerprint density at radius 3 is 2.21 bits per heavy atom. The number of nitrogens with zero attached hydrogens (tertiary/aromatic N) is 1. The molecule has 0 N–H and O–H groups in total. The summed E-state index contributed by atoms with van der Waals surface area (Å²) in [7, 11) is 0. The monoisotopic (exact) mass is 373 g/mol. The smallest absolute Gasteiger partial charge is 0.123 e. The number of benzene rings is 3. The molecule has 0 amide bonds. The zero-order valence-corrected chi connectivity index (χ0v) is 17.3. The Morgan fingerprint density at radius 1 is 0.857 bits per heavy atom. The maximum atomic E-state index is 13.3. The van der Waals surface area contributed by atoms with Crippen LogP contribution in [-0.4, -0.2) is 6.21 Å². The van der Waals surface area contributed by atoms with Gasteiger partial charge in [0.2, 0.25) is 0 Å². The van der Waals surface area contributed by atoms with Crippen LogP contribution in [0.3, 0.4) is 0 Å². The zero-order chi connectivity index (χ0) is 20.3. The second kappa shape index (κ2) is 8.52. The van der Waals surface area contributed by atoms with Gasteiger partial charge in [0.25, 0.3) is 0 Å². The molecule has 0 atom stereocenters. The fourth-order valence-electron chi connectivity index (χ4n) is 3.39. The Bertz CT molecular complexity index is 982.